The SMILES string of the molecule is CC1CCN(CC(O)CNS(=O)(=O)Cc2cccc(F)c2)CC1. The molecule has 0 aliphatic carbocycles. The summed E-state index contributed by atoms with van der Waals surface area (Å²) in [5.74, 6) is -0.0381. The van der Waals surface area contributed by atoms with Crippen molar-refractivity contribution in [2.75, 3.05) is 26.2 Å². The van der Waals surface area contributed by atoms with Gasteiger partial charge in [-0.2, -0.15) is 0 Å². The van der Waals surface area contributed by atoms with Crippen LogP contribution < -0.4 is 4.72 Å². The van der Waals surface area contributed by atoms with Crippen LogP contribution in [0, 0.1) is 11.7 Å². The maximum absolute atomic E-state index is 13.1. The predicted molar refractivity (Wildman–Crippen MR) is 87.9 cm³/mol. The fourth-order valence-corrected chi connectivity index (χ4v) is 3.89. The minimum absolute atomic E-state index is 0.0241. The lowest BCUT2D eigenvalue weighted by molar-refractivity contribution is 0.0942. The molecule has 0 saturated carbocycles. The van der Waals surface area contributed by atoms with Gasteiger partial charge in [0.1, 0.15) is 5.82 Å². The van der Waals surface area contributed by atoms with Crippen molar-refractivity contribution in [2.24, 2.45) is 5.92 Å². The highest BCUT2D eigenvalue weighted by Crippen LogP contribution is 2.16. The number of sulfonamides is 1. The van der Waals surface area contributed by atoms with E-state index in [2.05, 4.69) is 16.5 Å². The molecule has 5 nitrogen and oxygen atoms in total. The van der Waals surface area contributed by atoms with Crippen LogP contribution in [0.25, 0.3) is 0 Å². The Kier molecular flexibility index (Phi) is 6.52. The zero-order valence-electron chi connectivity index (χ0n) is 13.4. The van der Waals surface area contributed by atoms with Gasteiger partial charge in [-0.05, 0) is 49.5 Å². The largest absolute Gasteiger partial charge is 0.390 e. The van der Waals surface area contributed by atoms with E-state index in [0.29, 0.717) is 18.0 Å². The van der Waals surface area contributed by atoms with Crippen molar-refractivity contribution in [1.29, 1.82) is 0 Å². The topological polar surface area (TPSA) is 69.6 Å². The van der Waals surface area contributed by atoms with E-state index in [9.17, 15) is 17.9 Å². The summed E-state index contributed by atoms with van der Waals surface area (Å²) in [4.78, 5) is 2.16. The molecule has 0 radical (unpaired) electrons. The van der Waals surface area contributed by atoms with Crippen LogP contribution in [0.3, 0.4) is 0 Å². The second-order valence-corrected chi connectivity index (χ2v) is 8.18. The third kappa shape index (κ3) is 6.55. The quantitative estimate of drug-likeness (QED) is 0.783. The molecule has 7 heteroatoms. The Morgan fingerprint density at radius 2 is 2.09 bits per heavy atom. The molecule has 0 aromatic heterocycles. The van der Waals surface area contributed by atoms with Crippen molar-refractivity contribution in [2.45, 2.75) is 31.6 Å². The molecule has 1 aliphatic heterocycles. The fraction of sp³-hybridized carbons (Fsp3) is 0.625. The van der Waals surface area contributed by atoms with Gasteiger partial charge in [-0.15, -0.1) is 0 Å². The van der Waals surface area contributed by atoms with Gasteiger partial charge in [-0.25, -0.2) is 17.5 Å². The molecule has 23 heavy (non-hydrogen) atoms. The Bertz CT molecular complexity index is 601. The van der Waals surface area contributed by atoms with Gasteiger partial charge in [0, 0.05) is 13.1 Å². The zero-order chi connectivity index (χ0) is 16.9. The first-order chi connectivity index (χ1) is 10.8. The van der Waals surface area contributed by atoms with Crippen molar-refractivity contribution in [1.82, 2.24) is 9.62 Å². The maximum Gasteiger partial charge on any atom is 0.215 e. The number of β-amino-alcohol motifs (C(OH)–C–C–N with tert-alkyl or cyclic N) is 1. The van der Waals surface area contributed by atoms with E-state index < -0.39 is 21.9 Å². The van der Waals surface area contributed by atoms with Crippen molar-refractivity contribution in [3.8, 4) is 0 Å². The van der Waals surface area contributed by atoms with E-state index >= 15 is 0 Å². The number of likely N-dealkylation sites (tertiary alicyclic amines) is 1. The van der Waals surface area contributed by atoms with Crippen LogP contribution >= 0.6 is 0 Å². The number of aliphatic hydroxyl groups is 1. The van der Waals surface area contributed by atoms with Crippen LogP contribution in [0.4, 0.5) is 4.39 Å². The van der Waals surface area contributed by atoms with Gasteiger partial charge >= 0.3 is 0 Å². The maximum atomic E-state index is 13.1. The van der Waals surface area contributed by atoms with Gasteiger partial charge in [-0.3, -0.25) is 0 Å². The van der Waals surface area contributed by atoms with E-state index in [1.165, 1.54) is 18.2 Å². The molecule has 1 unspecified atom stereocenters. The molecule has 1 aromatic rings. The molecule has 1 aromatic carbocycles. The van der Waals surface area contributed by atoms with Crippen LogP contribution in [0.2, 0.25) is 0 Å². The number of rotatable bonds is 7. The van der Waals surface area contributed by atoms with E-state index in [1.807, 2.05) is 0 Å². The molecule has 1 heterocycles. The third-order valence-corrected chi connectivity index (χ3v) is 5.45. The molecule has 0 spiro atoms. The lowest BCUT2D eigenvalue weighted by atomic mass is 9.99. The molecule has 1 atom stereocenters. The summed E-state index contributed by atoms with van der Waals surface area (Å²) < 4.78 is 39.5. The van der Waals surface area contributed by atoms with E-state index in [1.54, 1.807) is 6.07 Å². The molecule has 2 rings (SSSR count). The van der Waals surface area contributed by atoms with Crippen molar-refractivity contribution < 1.29 is 17.9 Å². The zero-order valence-corrected chi connectivity index (χ0v) is 14.2. The van der Waals surface area contributed by atoms with Gasteiger partial charge in [0.2, 0.25) is 10.0 Å². The second kappa shape index (κ2) is 8.19. The highest BCUT2D eigenvalue weighted by atomic mass is 32.2. The van der Waals surface area contributed by atoms with E-state index in [0.717, 1.165) is 25.9 Å². The smallest absolute Gasteiger partial charge is 0.215 e. The number of benzene rings is 1. The van der Waals surface area contributed by atoms with E-state index in [-0.39, 0.29) is 12.3 Å². The second-order valence-electron chi connectivity index (χ2n) is 6.37. The van der Waals surface area contributed by atoms with Crippen molar-refractivity contribution >= 4 is 10.0 Å². The van der Waals surface area contributed by atoms with Crippen LogP contribution in [0.1, 0.15) is 25.3 Å². The van der Waals surface area contributed by atoms with Gasteiger partial charge in [0.15, 0.2) is 0 Å². The molecule has 0 amide bonds. The number of halogens is 1. The van der Waals surface area contributed by atoms with Crippen molar-refractivity contribution in [3.63, 3.8) is 0 Å². The highest BCUT2D eigenvalue weighted by Gasteiger charge is 2.20. The first-order valence-corrected chi connectivity index (χ1v) is 9.61. The Morgan fingerprint density at radius 1 is 1.39 bits per heavy atom. The van der Waals surface area contributed by atoms with Crippen LogP contribution in [0.5, 0.6) is 0 Å². The normalized spacial score (nSPS) is 18.9. The summed E-state index contributed by atoms with van der Waals surface area (Å²) in [7, 11) is -3.59. The fourth-order valence-electron chi connectivity index (χ4n) is 2.73. The average Bonchev–Trinajstić information content (AvgIpc) is 2.47. The standard InChI is InChI=1S/C16H25FN2O3S/c1-13-5-7-19(8-6-13)11-16(20)10-18-23(21,22)12-14-3-2-4-15(17)9-14/h2-4,9,13,16,18,20H,5-8,10-12H2,1H3. The highest BCUT2D eigenvalue weighted by molar-refractivity contribution is 7.88. The minimum Gasteiger partial charge on any atom is -0.390 e. The summed E-state index contributed by atoms with van der Waals surface area (Å²) in [6, 6.07) is 5.51. The number of hydrogen-bond donors (Lipinski definition) is 2. The number of nitrogens with one attached hydrogen (secondary N) is 1. The third-order valence-electron chi connectivity index (χ3n) is 4.13. The Balaban J connectivity index is 1.77. The Hall–Kier alpha value is -1.02. The lowest BCUT2D eigenvalue weighted by Gasteiger charge is -2.31. The minimum atomic E-state index is -3.59. The van der Waals surface area contributed by atoms with Gasteiger partial charge in [-0.1, -0.05) is 19.1 Å². The van der Waals surface area contributed by atoms with Gasteiger partial charge in [0.25, 0.3) is 0 Å². The Morgan fingerprint density at radius 3 is 2.74 bits per heavy atom. The molecule has 1 aliphatic rings. The average molecular weight is 344 g/mol. The summed E-state index contributed by atoms with van der Waals surface area (Å²) >= 11 is 0. The monoisotopic (exact) mass is 344 g/mol. The van der Waals surface area contributed by atoms with E-state index in [4.69, 9.17) is 0 Å². The molecule has 1 saturated heterocycles. The van der Waals surface area contributed by atoms with Crippen molar-refractivity contribution in [3.05, 3.63) is 35.6 Å². The predicted octanol–water partition coefficient (Wildman–Crippen LogP) is 1.34. The number of piperidine rings is 1. The Labute approximate surface area is 137 Å². The van der Waals surface area contributed by atoms with Crippen LogP contribution in [-0.2, 0) is 15.8 Å². The lowest BCUT2D eigenvalue weighted by Crippen LogP contribution is -2.43. The van der Waals surface area contributed by atoms with Gasteiger partial charge < -0.3 is 10.0 Å². The van der Waals surface area contributed by atoms with Crippen LogP contribution in [-0.4, -0.2) is 50.7 Å². The molecule has 1 fully saturated rings. The molecule has 130 valence electrons. The number of aliphatic hydroxyl groups excluding tert-OH is 1. The molecule has 2 N–H and O–H groups in total. The summed E-state index contributed by atoms with van der Waals surface area (Å²) in [5.41, 5.74) is 0.386. The summed E-state index contributed by atoms with van der Waals surface area (Å²) in [6.45, 7) is 4.54. The van der Waals surface area contributed by atoms with Crippen LogP contribution in [0.15, 0.2) is 24.3 Å². The first kappa shape index (κ1) is 18.3. The van der Waals surface area contributed by atoms with Gasteiger partial charge in [0.05, 0.1) is 11.9 Å². The number of hydrogen-bond acceptors (Lipinski definition) is 4. The number of nitrogens with zero attached hydrogens (tertiary/aromatic N) is 1. The first-order valence-electron chi connectivity index (χ1n) is 7.96. The molecular weight excluding hydrogens is 319 g/mol. The summed E-state index contributed by atoms with van der Waals surface area (Å²) in [6.07, 6.45) is 1.47. The molecule has 0 bridgehead atoms. The molecular formula is C16H25FN2O3S. The summed E-state index contributed by atoms with van der Waals surface area (Å²) in [5, 5.41) is 10.0.